The summed E-state index contributed by atoms with van der Waals surface area (Å²) < 4.78 is 0. The number of benzene rings is 1. The van der Waals surface area contributed by atoms with E-state index in [2.05, 4.69) is 26.0 Å². The van der Waals surface area contributed by atoms with Crippen molar-refractivity contribution in [1.29, 1.82) is 0 Å². The summed E-state index contributed by atoms with van der Waals surface area (Å²) in [7, 11) is 0. The van der Waals surface area contributed by atoms with E-state index in [1.165, 1.54) is 17.5 Å². The van der Waals surface area contributed by atoms with Crippen LogP contribution in [0.1, 0.15) is 43.7 Å². The van der Waals surface area contributed by atoms with Gasteiger partial charge in [-0.15, -0.1) is 0 Å². The second-order valence-corrected chi connectivity index (χ2v) is 5.90. The Morgan fingerprint density at radius 3 is 2.80 bits per heavy atom. The Labute approximate surface area is 122 Å². The first-order valence-electron chi connectivity index (χ1n) is 7.69. The number of piperidine rings is 1. The van der Waals surface area contributed by atoms with Crippen molar-refractivity contribution in [2.75, 3.05) is 6.54 Å². The van der Waals surface area contributed by atoms with Crippen molar-refractivity contribution in [3.63, 3.8) is 0 Å². The fraction of sp³-hybridized carbons (Fsp3) is 0.588. The molecule has 1 amide bonds. The van der Waals surface area contributed by atoms with E-state index in [0.717, 1.165) is 19.3 Å². The summed E-state index contributed by atoms with van der Waals surface area (Å²) in [5, 5.41) is 0. The minimum atomic E-state index is 0.239. The summed E-state index contributed by atoms with van der Waals surface area (Å²) in [5.74, 6) is 0.260. The molecular formula is C17H26N2O. The third-order valence-electron chi connectivity index (χ3n) is 4.46. The van der Waals surface area contributed by atoms with Crippen molar-refractivity contribution in [3.8, 4) is 0 Å². The lowest BCUT2D eigenvalue weighted by Gasteiger charge is -2.40. The van der Waals surface area contributed by atoms with Crippen LogP contribution in [0.2, 0.25) is 0 Å². The van der Waals surface area contributed by atoms with Crippen LogP contribution < -0.4 is 5.73 Å². The smallest absolute Gasteiger partial charge is 0.223 e. The van der Waals surface area contributed by atoms with E-state index in [1.807, 2.05) is 17.0 Å². The zero-order valence-electron chi connectivity index (χ0n) is 12.6. The molecule has 1 aliphatic heterocycles. The van der Waals surface area contributed by atoms with Gasteiger partial charge >= 0.3 is 0 Å². The molecule has 1 saturated heterocycles. The quantitative estimate of drug-likeness (QED) is 0.917. The van der Waals surface area contributed by atoms with Crippen LogP contribution in [-0.2, 0) is 11.2 Å². The minimum Gasteiger partial charge on any atom is -0.336 e. The van der Waals surface area contributed by atoms with Crippen LogP contribution in [0.5, 0.6) is 0 Å². The molecule has 2 atom stereocenters. The fourth-order valence-corrected chi connectivity index (χ4v) is 3.23. The van der Waals surface area contributed by atoms with Crippen molar-refractivity contribution in [1.82, 2.24) is 4.90 Å². The van der Waals surface area contributed by atoms with Crippen LogP contribution in [0.15, 0.2) is 24.3 Å². The number of carbonyl (C=O) groups excluding carboxylic acids is 1. The number of hydrogen-bond donors (Lipinski definition) is 1. The van der Waals surface area contributed by atoms with E-state index in [0.29, 0.717) is 19.0 Å². The van der Waals surface area contributed by atoms with Crippen LogP contribution >= 0.6 is 0 Å². The van der Waals surface area contributed by atoms with Crippen molar-refractivity contribution in [2.24, 2.45) is 5.73 Å². The van der Waals surface area contributed by atoms with Gasteiger partial charge in [0.15, 0.2) is 0 Å². The lowest BCUT2D eigenvalue weighted by Crippen LogP contribution is -2.51. The van der Waals surface area contributed by atoms with Gasteiger partial charge in [-0.3, -0.25) is 4.79 Å². The highest BCUT2D eigenvalue weighted by atomic mass is 16.2. The molecule has 0 saturated carbocycles. The molecule has 110 valence electrons. The highest BCUT2D eigenvalue weighted by molar-refractivity contribution is 5.77. The molecule has 3 heteroatoms. The Hall–Kier alpha value is -1.35. The number of rotatable bonds is 4. The maximum absolute atomic E-state index is 12.5. The first-order chi connectivity index (χ1) is 9.63. The molecule has 2 unspecified atom stereocenters. The van der Waals surface area contributed by atoms with Gasteiger partial charge in [-0.1, -0.05) is 24.3 Å². The van der Waals surface area contributed by atoms with E-state index in [1.54, 1.807) is 0 Å². The first kappa shape index (κ1) is 15.0. The van der Waals surface area contributed by atoms with Gasteiger partial charge in [-0.25, -0.2) is 0 Å². The second-order valence-electron chi connectivity index (χ2n) is 5.90. The van der Waals surface area contributed by atoms with Crippen LogP contribution in [-0.4, -0.2) is 29.4 Å². The van der Waals surface area contributed by atoms with Crippen molar-refractivity contribution in [2.45, 2.75) is 58.0 Å². The highest BCUT2D eigenvalue weighted by Crippen LogP contribution is 2.23. The molecule has 20 heavy (non-hydrogen) atoms. The van der Waals surface area contributed by atoms with Gasteiger partial charge in [-0.05, 0) is 50.7 Å². The average Bonchev–Trinajstić information content (AvgIpc) is 2.45. The van der Waals surface area contributed by atoms with Crippen molar-refractivity contribution in [3.05, 3.63) is 35.4 Å². The molecule has 1 aromatic rings. The van der Waals surface area contributed by atoms with E-state index in [-0.39, 0.29) is 11.9 Å². The molecule has 2 N–H and O–H groups in total. The van der Waals surface area contributed by atoms with Gasteiger partial charge in [0, 0.05) is 25.0 Å². The maximum atomic E-state index is 12.5. The monoisotopic (exact) mass is 274 g/mol. The standard InChI is InChI=1S/C17H26N2O/c1-13-6-3-4-8-15(13)10-11-17(20)19-14(2)7-5-9-16(19)12-18/h3-4,6,8,14,16H,5,7,9-12,18H2,1-2H3. The zero-order chi connectivity index (χ0) is 14.5. The van der Waals surface area contributed by atoms with Gasteiger partial charge in [-0.2, -0.15) is 0 Å². The first-order valence-corrected chi connectivity index (χ1v) is 7.69. The molecule has 0 aliphatic carbocycles. The molecular weight excluding hydrogens is 248 g/mol. The summed E-state index contributed by atoms with van der Waals surface area (Å²) in [6, 6.07) is 8.87. The van der Waals surface area contributed by atoms with Crippen LogP contribution in [0.4, 0.5) is 0 Å². The molecule has 1 aromatic carbocycles. The Morgan fingerprint density at radius 1 is 1.35 bits per heavy atom. The SMILES string of the molecule is Cc1ccccc1CCC(=O)N1C(C)CCCC1CN. The lowest BCUT2D eigenvalue weighted by atomic mass is 9.95. The van der Waals surface area contributed by atoms with E-state index in [4.69, 9.17) is 5.73 Å². The fourth-order valence-electron chi connectivity index (χ4n) is 3.23. The molecule has 0 spiro atoms. The topological polar surface area (TPSA) is 46.3 Å². The molecule has 0 aromatic heterocycles. The van der Waals surface area contributed by atoms with Crippen LogP contribution in [0, 0.1) is 6.92 Å². The lowest BCUT2D eigenvalue weighted by molar-refractivity contribution is -0.137. The Bertz CT molecular complexity index is 458. The average molecular weight is 274 g/mol. The third kappa shape index (κ3) is 3.40. The molecule has 1 heterocycles. The van der Waals surface area contributed by atoms with E-state index >= 15 is 0 Å². The molecule has 1 aliphatic rings. The van der Waals surface area contributed by atoms with E-state index in [9.17, 15) is 4.79 Å². The van der Waals surface area contributed by atoms with Gasteiger partial charge in [0.25, 0.3) is 0 Å². The predicted octanol–water partition coefficient (Wildman–Crippen LogP) is 2.66. The Balaban J connectivity index is 1.98. The molecule has 0 bridgehead atoms. The zero-order valence-corrected chi connectivity index (χ0v) is 12.6. The van der Waals surface area contributed by atoms with Crippen LogP contribution in [0.3, 0.4) is 0 Å². The minimum absolute atomic E-state index is 0.239. The van der Waals surface area contributed by atoms with Gasteiger partial charge < -0.3 is 10.6 Å². The highest BCUT2D eigenvalue weighted by Gasteiger charge is 2.30. The second kappa shape index (κ2) is 6.89. The number of nitrogens with two attached hydrogens (primary N) is 1. The number of aryl methyl sites for hydroxylation is 2. The summed E-state index contributed by atoms with van der Waals surface area (Å²) >= 11 is 0. The molecule has 0 radical (unpaired) electrons. The van der Waals surface area contributed by atoms with Crippen LogP contribution in [0.25, 0.3) is 0 Å². The number of likely N-dealkylation sites (tertiary alicyclic amines) is 1. The number of amides is 1. The van der Waals surface area contributed by atoms with Crippen molar-refractivity contribution >= 4 is 5.91 Å². The summed E-state index contributed by atoms with van der Waals surface area (Å²) in [6.07, 6.45) is 4.76. The normalized spacial score (nSPS) is 22.9. The van der Waals surface area contributed by atoms with Gasteiger partial charge in [0.05, 0.1) is 0 Å². The Morgan fingerprint density at radius 2 is 2.10 bits per heavy atom. The Kier molecular flexibility index (Phi) is 5.18. The predicted molar refractivity (Wildman–Crippen MR) is 82.5 cm³/mol. The summed E-state index contributed by atoms with van der Waals surface area (Å²) in [4.78, 5) is 14.6. The maximum Gasteiger partial charge on any atom is 0.223 e. The third-order valence-corrected chi connectivity index (χ3v) is 4.46. The summed E-state index contributed by atoms with van der Waals surface area (Å²) in [6.45, 7) is 4.83. The summed E-state index contributed by atoms with van der Waals surface area (Å²) in [5.41, 5.74) is 8.37. The molecule has 2 rings (SSSR count). The molecule has 1 fully saturated rings. The largest absolute Gasteiger partial charge is 0.336 e. The van der Waals surface area contributed by atoms with Gasteiger partial charge in [0.1, 0.15) is 0 Å². The molecule has 3 nitrogen and oxygen atoms in total. The van der Waals surface area contributed by atoms with Gasteiger partial charge in [0.2, 0.25) is 5.91 Å². The number of hydrogen-bond acceptors (Lipinski definition) is 2. The number of carbonyl (C=O) groups is 1. The van der Waals surface area contributed by atoms with Crippen molar-refractivity contribution < 1.29 is 4.79 Å². The van der Waals surface area contributed by atoms with E-state index < -0.39 is 0 Å². The number of nitrogens with zero attached hydrogens (tertiary/aromatic N) is 1.